The van der Waals surface area contributed by atoms with Gasteiger partial charge >= 0.3 is 0 Å². The maximum Gasteiger partial charge on any atom is 0.248 e. The molecule has 1 atom stereocenters. The Kier molecular flexibility index (Phi) is 5.23. The van der Waals surface area contributed by atoms with Crippen LogP contribution in [0.15, 0.2) is 48.5 Å². The highest BCUT2D eigenvalue weighted by atomic mass is 35.5. The zero-order valence-corrected chi connectivity index (χ0v) is 12.7. The molecule has 110 valence electrons. The molecule has 0 aromatic heterocycles. The minimum Gasteiger partial charge on any atom is -0.381 e. The molecule has 21 heavy (non-hydrogen) atoms. The monoisotopic (exact) mass is 302 g/mol. The quantitative estimate of drug-likeness (QED) is 0.851. The molecule has 3 nitrogen and oxygen atoms in total. The van der Waals surface area contributed by atoms with Gasteiger partial charge < -0.3 is 11.1 Å². The minimum absolute atomic E-state index is 0.242. The molecule has 0 aliphatic heterocycles. The summed E-state index contributed by atoms with van der Waals surface area (Å²) in [5, 5.41) is 3.93. The molecule has 0 fully saturated rings. The van der Waals surface area contributed by atoms with Crippen LogP contribution in [0.5, 0.6) is 0 Å². The third-order valence-electron chi connectivity index (χ3n) is 3.36. The van der Waals surface area contributed by atoms with Gasteiger partial charge in [-0.3, -0.25) is 4.79 Å². The van der Waals surface area contributed by atoms with E-state index in [-0.39, 0.29) is 6.04 Å². The molecule has 0 bridgehead atoms. The van der Waals surface area contributed by atoms with Crippen molar-refractivity contribution in [3.8, 4) is 0 Å². The van der Waals surface area contributed by atoms with Crippen LogP contribution in [0, 0.1) is 0 Å². The number of aryl methyl sites for hydroxylation is 1. The van der Waals surface area contributed by atoms with Gasteiger partial charge in [0.15, 0.2) is 0 Å². The van der Waals surface area contributed by atoms with Crippen LogP contribution in [0.25, 0.3) is 0 Å². The van der Waals surface area contributed by atoms with Gasteiger partial charge in [0.25, 0.3) is 0 Å². The van der Waals surface area contributed by atoms with Gasteiger partial charge in [-0.25, -0.2) is 0 Å². The van der Waals surface area contributed by atoms with Crippen molar-refractivity contribution in [2.45, 2.75) is 25.8 Å². The van der Waals surface area contributed by atoms with Gasteiger partial charge in [-0.1, -0.05) is 41.9 Å². The van der Waals surface area contributed by atoms with Gasteiger partial charge in [-0.15, -0.1) is 0 Å². The Balaban J connectivity index is 1.97. The lowest BCUT2D eigenvalue weighted by Crippen LogP contribution is -2.17. The molecule has 0 spiro atoms. The van der Waals surface area contributed by atoms with E-state index in [2.05, 4.69) is 24.4 Å². The molecule has 2 rings (SSSR count). The van der Waals surface area contributed by atoms with Crippen LogP contribution in [-0.2, 0) is 6.42 Å². The zero-order chi connectivity index (χ0) is 15.2. The number of primary amides is 1. The van der Waals surface area contributed by atoms with E-state index in [0.717, 1.165) is 18.5 Å². The summed E-state index contributed by atoms with van der Waals surface area (Å²) in [6.07, 6.45) is 1.96. The lowest BCUT2D eigenvalue weighted by Gasteiger charge is -2.17. The lowest BCUT2D eigenvalue weighted by atomic mass is 10.1. The third kappa shape index (κ3) is 4.50. The molecule has 4 heteroatoms. The van der Waals surface area contributed by atoms with Crippen LogP contribution in [-0.4, -0.2) is 11.9 Å². The van der Waals surface area contributed by atoms with Crippen molar-refractivity contribution < 1.29 is 4.79 Å². The first-order valence-electron chi connectivity index (χ1n) is 6.96. The molecule has 1 unspecified atom stereocenters. The fourth-order valence-electron chi connectivity index (χ4n) is 2.15. The molecular formula is C17H19ClN2O. The molecule has 0 saturated carbocycles. The summed E-state index contributed by atoms with van der Waals surface area (Å²) in [6.45, 7) is 2.09. The minimum atomic E-state index is -0.452. The van der Waals surface area contributed by atoms with Crippen molar-refractivity contribution in [3.63, 3.8) is 0 Å². The third-order valence-corrected chi connectivity index (χ3v) is 3.69. The normalized spacial score (nSPS) is 11.9. The molecular weight excluding hydrogens is 284 g/mol. The van der Waals surface area contributed by atoms with Crippen molar-refractivity contribution >= 4 is 23.2 Å². The van der Waals surface area contributed by atoms with Crippen LogP contribution in [0.4, 0.5) is 5.69 Å². The van der Waals surface area contributed by atoms with Crippen molar-refractivity contribution in [1.82, 2.24) is 0 Å². The number of amides is 1. The molecule has 2 aromatic carbocycles. The number of halogens is 1. The standard InChI is InChI=1S/C17H19ClN2O/c1-12(7-8-13-5-3-2-4-6-13)20-16-11-14(17(19)21)9-10-15(16)18/h2-6,9-12,20H,7-8H2,1H3,(H2,19,21). The highest BCUT2D eigenvalue weighted by molar-refractivity contribution is 6.33. The number of hydrogen-bond donors (Lipinski definition) is 2. The van der Waals surface area contributed by atoms with E-state index in [1.54, 1.807) is 18.2 Å². The van der Waals surface area contributed by atoms with Gasteiger partial charge in [-0.2, -0.15) is 0 Å². The van der Waals surface area contributed by atoms with E-state index in [4.69, 9.17) is 17.3 Å². The summed E-state index contributed by atoms with van der Waals surface area (Å²) in [7, 11) is 0. The number of anilines is 1. The predicted molar refractivity (Wildman–Crippen MR) is 87.8 cm³/mol. The van der Waals surface area contributed by atoms with Gasteiger partial charge in [0.1, 0.15) is 0 Å². The number of carbonyl (C=O) groups excluding carboxylic acids is 1. The van der Waals surface area contributed by atoms with Crippen LogP contribution in [0.1, 0.15) is 29.3 Å². The number of rotatable bonds is 6. The first-order chi connectivity index (χ1) is 10.1. The summed E-state index contributed by atoms with van der Waals surface area (Å²) in [5.41, 5.74) is 7.80. The number of hydrogen-bond acceptors (Lipinski definition) is 2. The van der Waals surface area contributed by atoms with Gasteiger partial charge in [0.05, 0.1) is 10.7 Å². The number of nitrogens with two attached hydrogens (primary N) is 1. The Hall–Kier alpha value is -2.00. The summed E-state index contributed by atoms with van der Waals surface area (Å²) in [4.78, 5) is 11.2. The van der Waals surface area contributed by atoms with E-state index in [9.17, 15) is 4.79 Å². The summed E-state index contributed by atoms with van der Waals surface area (Å²) >= 11 is 6.15. The van der Waals surface area contributed by atoms with Crippen LogP contribution in [0.3, 0.4) is 0 Å². The van der Waals surface area contributed by atoms with E-state index < -0.39 is 5.91 Å². The highest BCUT2D eigenvalue weighted by Crippen LogP contribution is 2.24. The molecule has 0 heterocycles. The molecule has 0 radical (unpaired) electrons. The average Bonchev–Trinajstić information content (AvgIpc) is 2.48. The fraction of sp³-hybridized carbons (Fsp3) is 0.235. The Labute approximate surface area is 130 Å². The zero-order valence-electron chi connectivity index (χ0n) is 12.0. The van der Waals surface area contributed by atoms with E-state index in [0.29, 0.717) is 10.6 Å². The van der Waals surface area contributed by atoms with Crippen molar-refractivity contribution in [1.29, 1.82) is 0 Å². The molecule has 0 saturated heterocycles. The molecule has 0 aliphatic rings. The average molecular weight is 303 g/mol. The lowest BCUT2D eigenvalue weighted by molar-refractivity contribution is 0.100. The van der Waals surface area contributed by atoms with Gasteiger partial charge in [0.2, 0.25) is 5.91 Å². The van der Waals surface area contributed by atoms with E-state index >= 15 is 0 Å². The second-order valence-corrected chi connectivity index (χ2v) is 5.54. The number of benzene rings is 2. The largest absolute Gasteiger partial charge is 0.381 e. The molecule has 3 N–H and O–H groups in total. The van der Waals surface area contributed by atoms with Crippen molar-refractivity contribution in [3.05, 3.63) is 64.7 Å². The maximum atomic E-state index is 11.2. The maximum absolute atomic E-state index is 11.2. The Morgan fingerprint density at radius 3 is 2.62 bits per heavy atom. The Morgan fingerprint density at radius 1 is 1.24 bits per heavy atom. The molecule has 1 amide bonds. The summed E-state index contributed by atoms with van der Waals surface area (Å²) in [6, 6.07) is 15.6. The first-order valence-corrected chi connectivity index (χ1v) is 7.34. The molecule has 0 aliphatic carbocycles. The van der Waals surface area contributed by atoms with Crippen molar-refractivity contribution in [2.24, 2.45) is 5.73 Å². The smallest absolute Gasteiger partial charge is 0.248 e. The second-order valence-electron chi connectivity index (χ2n) is 5.13. The predicted octanol–water partition coefficient (Wildman–Crippen LogP) is 3.87. The van der Waals surface area contributed by atoms with E-state index in [1.165, 1.54) is 5.56 Å². The van der Waals surface area contributed by atoms with Gasteiger partial charge in [0, 0.05) is 11.6 Å². The Bertz CT molecular complexity index is 613. The van der Waals surface area contributed by atoms with Crippen molar-refractivity contribution in [2.75, 3.05) is 5.32 Å². The number of carbonyl (C=O) groups is 1. The Morgan fingerprint density at radius 2 is 1.95 bits per heavy atom. The van der Waals surface area contributed by atoms with Gasteiger partial charge in [-0.05, 0) is 43.5 Å². The highest BCUT2D eigenvalue weighted by Gasteiger charge is 2.09. The summed E-state index contributed by atoms with van der Waals surface area (Å²) in [5.74, 6) is -0.452. The SMILES string of the molecule is CC(CCc1ccccc1)Nc1cc(C(N)=O)ccc1Cl. The van der Waals surface area contributed by atoms with Crippen LogP contribution >= 0.6 is 11.6 Å². The molecule has 2 aromatic rings. The van der Waals surface area contributed by atoms with Crippen LogP contribution in [0.2, 0.25) is 5.02 Å². The second kappa shape index (κ2) is 7.14. The van der Waals surface area contributed by atoms with Crippen LogP contribution < -0.4 is 11.1 Å². The first kappa shape index (κ1) is 15.4. The number of nitrogens with one attached hydrogen (secondary N) is 1. The topological polar surface area (TPSA) is 55.1 Å². The summed E-state index contributed by atoms with van der Waals surface area (Å²) < 4.78 is 0. The van der Waals surface area contributed by atoms with E-state index in [1.807, 2.05) is 18.2 Å². The fourth-order valence-corrected chi connectivity index (χ4v) is 2.33.